The van der Waals surface area contributed by atoms with Crippen molar-refractivity contribution >= 4 is 29.0 Å². The second kappa shape index (κ2) is 8.93. The van der Waals surface area contributed by atoms with Crippen LogP contribution in [-0.2, 0) is 20.1 Å². The summed E-state index contributed by atoms with van der Waals surface area (Å²) >= 11 is 5.16. The van der Waals surface area contributed by atoms with Crippen LogP contribution in [0.2, 0.25) is 0 Å². The van der Waals surface area contributed by atoms with Gasteiger partial charge in [0.25, 0.3) is 11.5 Å². The van der Waals surface area contributed by atoms with Crippen LogP contribution < -0.4 is 10.9 Å². The van der Waals surface area contributed by atoms with Gasteiger partial charge in [0.1, 0.15) is 0 Å². The summed E-state index contributed by atoms with van der Waals surface area (Å²) in [6.07, 6.45) is 3.92. The average molecular weight is 423 g/mol. The fourth-order valence-corrected chi connectivity index (χ4v) is 4.06. The van der Waals surface area contributed by atoms with Gasteiger partial charge in [0, 0.05) is 25.7 Å². The van der Waals surface area contributed by atoms with Gasteiger partial charge in [0.15, 0.2) is 4.77 Å². The van der Waals surface area contributed by atoms with Crippen LogP contribution >= 0.6 is 12.2 Å². The fraction of sp³-hybridized carbons (Fsp3) is 0.348. The number of hydrogen-bond acceptors (Lipinski definition) is 4. The van der Waals surface area contributed by atoms with Gasteiger partial charge in [0.2, 0.25) is 0 Å². The Hall–Kier alpha value is -2.77. The molecule has 0 saturated carbocycles. The summed E-state index contributed by atoms with van der Waals surface area (Å²) < 4.78 is 1.71. The number of nitrogens with one attached hydrogen (secondary N) is 2. The smallest absolute Gasteiger partial charge is 0.261 e. The maximum absolute atomic E-state index is 12.6. The molecular weight excluding hydrogens is 396 g/mol. The SMILES string of the molecule is Cn1c(=S)[nH]c2cc(C(=O)NCc3ccc(CN4CCCCC4)cc3)ccc2c1=O. The number of fused-ring (bicyclic) bond motifs is 1. The van der Waals surface area contributed by atoms with Crippen molar-refractivity contribution in [3.8, 4) is 0 Å². The van der Waals surface area contributed by atoms with Crippen molar-refractivity contribution in [1.82, 2.24) is 19.8 Å². The third-order valence-electron chi connectivity index (χ3n) is 5.69. The molecule has 1 aliphatic heterocycles. The number of amides is 1. The first kappa shape index (κ1) is 20.5. The Labute approximate surface area is 180 Å². The standard InChI is InChI=1S/C23H26N4O2S/c1-26-22(29)19-10-9-18(13-20(19)25-23(26)30)21(28)24-14-16-5-7-17(8-6-16)15-27-11-3-2-4-12-27/h5-10,13H,2-4,11-12,14-15H2,1H3,(H,24,28)(H,25,30). The van der Waals surface area contributed by atoms with Crippen molar-refractivity contribution in [3.05, 3.63) is 74.3 Å². The topological polar surface area (TPSA) is 70.1 Å². The van der Waals surface area contributed by atoms with E-state index in [9.17, 15) is 9.59 Å². The molecule has 0 atom stereocenters. The number of benzene rings is 2. The minimum absolute atomic E-state index is 0.176. The number of H-pyrrole nitrogens is 1. The number of rotatable bonds is 5. The molecule has 6 nitrogen and oxygen atoms in total. The quantitative estimate of drug-likeness (QED) is 0.618. The van der Waals surface area contributed by atoms with E-state index in [0.717, 1.165) is 12.1 Å². The minimum Gasteiger partial charge on any atom is -0.348 e. The Morgan fingerprint density at radius 1 is 1.07 bits per heavy atom. The highest BCUT2D eigenvalue weighted by atomic mass is 32.1. The van der Waals surface area contributed by atoms with Crippen LogP contribution in [0.4, 0.5) is 0 Å². The predicted octanol–water partition coefficient (Wildman–Crippen LogP) is 3.51. The summed E-state index contributed by atoms with van der Waals surface area (Å²) in [6.45, 7) is 3.80. The lowest BCUT2D eigenvalue weighted by Gasteiger charge is -2.26. The predicted molar refractivity (Wildman–Crippen MR) is 121 cm³/mol. The van der Waals surface area contributed by atoms with Crippen molar-refractivity contribution in [2.24, 2.45) is 7.05 Å². The molecule has 1 aromatic heterocycles. The average Bonchev–Trinajstić information content (AvgIpc) is 2.77. The zero-order chi connectivity index (χ0) is 21.1. The largest absolute Gasteiger partial charge is 0.348 e. The Morgan fingerprint density at radius 2 is 1.77 bits per heavy atom. The third-order valence-corrected chi connectivity index (χ3v) is 6.07. The molecule has 156 valence electrons. The van der Waals surface area contributed by atoms with E-state index < -0.39 is 0 Å². The maximum atomic E-state index is 12.6. The van der Waals surface area contributed by atoms with E-state index in [-0.39, 0.29) is 11.5 Å². The summed E-state index contributed by atoms with van der Waals surface area (Å²) in [5.74, 6) is -0.186. The van der Waals surface area contributed by atoms with Gasteiger partial charge in [-0.3, -0.25) is 19.1 Å². The third kappa shape index (κ3) is 4.52. The summed E-state index contributed by atoms with van der Waals surface area (Å²) in [4.78, 5) is 30.4. The van der Waals surface area contributed by atoms with Crippen molar-refractivity contribution in [2.45, 2.75) is 32.4 Å². The van der Waals surface area contributed by atoms with Gasteiger partial charge in [-0.1, -0.05) is 30.7 Å². The highest BCUT2D eigenvalue weighted by molar-refractivity contribution is 7.71. The first-order valence-electron chi connectivity index (χ1n) is 10.3. The number of nitrogens with zero attached hydrogens (tertiary/aromatic N) is 2. The van der Waals surface area contributed by atoms with Crippen LogP contribution in [0.25, 0.3) is 10.9 Å². The van der Waals surface area contributed by atoms with Crippen LogP contribution in [0.1, 0.15) is 40.7 Å². The van der Waals surface area contributed by atoms with Crippen LogP contribution in [0.3, 0.4) is 0 Å². The molecule has 2 aromatic carbocycles. The maximum Gasteiger partial charge on any atom is 0.261 e. The number of hydrogen-bond donors (Lipinski definition) is 2. The molecule has 0 unspecified atom stereocenters. The molecule has 1 aliphatic rings. The molecule has 0 radical (unpaired) electrons. The molecule has 0 spiro atoms. The summed E-state index contributed by atoms with van der Waals surface area (Å²) in [6, 6.07) is 13.4. The molecule has 7 heteroatoms. The van der Waals surface area contributed by atoms with E-state index >= 15 is 0 Å². The van der Waals surface area contributed by atoms with Crippen molar-refractivity contribution < 1.29 is 4.79 Å². The number of likely N-dealkylation sites (tertiary alicyclic amines) is 1. The first-order chi connectivity index (χ1) is 14.5. The molecule has 2 heterocycles. The van der Waals surface area contributed by atoms with Crippen LogP contribution in [0.5, 0.6) is 0 Å². The monoisotopic (exact) mass is 422 g/mol. The lowest BCUT2D eigenvalue weighted by atomic mass is 10.1. The van der Waals surface area contributed by atoms with Gasteiger partial charge >= 0.3 is 0 Å². The van der Waals surface area contributed by atoms with Gasteiger partial charge in [-0.25, -0.2) is 0 Å². The van der Waals surface area contributed by atoms with Crippen molar-refractivity contribution in [1.29, 1.82) is 0 Å². The number of aromatic amines is 1. The van der Waals surface area contributed by atoms with E-state index in [0.29, 0.717) is 27.8 Å². The van der Waals surface area contributed by atoms with Gasteiger partial charge in [0.05, 0.1) is 10.9 Å². The molecule has 1 amide bonds. The van der Waals surface area contributed by atoms with E-state index in [2.05, 4.69) is 39.5 Å². The second-order valence-corrected chi connectivity index (χ2v) is 8.28. The zero-order valence-electron chi connectivity index (χ0n) is 17.1. The van der Waals surface area contributed by atoms with Crippen molar-refractivity contribution in [2.75, 3.05) is 13.1 Å². The summed E-state index contributed by atoms with van der Waals surface area (Å²) in [7, 11) is 1.62. The highest BCUT2D eigenvalue weighted by Crippen LogP contribution is 2.14. The fourth-order valence-electron chi connectivity index (χ4n) is 3.87. The Kier molecular flexibility index (Phi) is 6.11. The van der Waals surface area contributed by atoms with Gasteiger partial charge in [-0.05, 0) is 67.5 Å². The number of piperidine rings is 1. The molecule has 1 fully saturated rings. The Bertz CT molecular complexity index is 1170. The van der Waals surface area contributed by atoms with Crippen molar-refractivity contribution in [3.63, 3.8) is 0 Å². The second-order valence-electron chi connectivity index (χ2n) is 7.89. The highest BCUT2D eigenvalue weighted by Gasteiger charge is 2.11. The number of carbonyl (C=O) groups excluding carboxylic acids is 1. The number of carbonyl (C=O) groups is 1. The van der Waals surface area contributed by atoms with E-state index in [1.165, 1.54) is 42.5 Å². The molecule has 4 rings (SSSR count). The Balaban J connectivity index is 1.40. The molecular formula is C23H26N4O2S. The molecule has 2 N–H and O–H groups in total. The summed E-state index contributed by atoms with van der Waals surface area (Å²) in [5, 5.41) is 3.46. The minimum atomic E-state index is -0.186. The van der Waals surface area contributed by atoms with E-state index in [4.69, 9.17) is 12.2 Å². The zero-order valence-corrected chi connectivity index (χ0v) is 17.9. The lowest BCUT2D eigenvalue weighted by Crippen LogP contribution is -2.29. The van der Waals surface area contributed by atoms with Gasteiger partial charge in [-0.2, -0.15) is 0 Å². The van der Waals surface area contributed by atoms with Crippen LogP contribution in [0.15, 0.2) is 47.3 Å². The van der Waals surface area contributed by atoms with E-state index in [1.54, 1.807) is 25.2 Å². The molecule has 0 aliphatic carbocycles. The lowest BCUT2D eigenvalue weighted by molar-refractivity contribution is 0.0951. The first-order valence-corrected chi connectivity index (χ1v) is 10.7. The molecule has 1 saturated heterocycles. The van der Waals surface area contributed by atoms with Crippen LogP contribution in [-0.4, -0.2) is 33.4 Å². The normalized spacial score (nSPS) is 14.7. The molecule has 0 bridgehead atoms. The van der Waals surface area contributed by atoms with Gasteiger partial charge < -0.3 is 10.3 Å². The Morgan fingerprint density at radius 3 is 2.50 bits per heavy atom. The molecule has 3 aromatic rings. The number of aromatic nitrogens is 2. The molecule has 30 heavy (non-hydrogen) atoms. The van der Waals surface area contributed by atoms with Crippen LogP contribution in [0, 0.1) is 4.77 Å². The summed E-state index contributed by atoms with van der Waals surface area (Å²) in [5.41, 5.74) is 3.24. The van der Waals surface area contributed by atoms with Gasteiger partial charge in [-0.15, -0.1) is 0 Å². The van der Waals surface area contributed by atoms with E-state index in [1.807, 2.05) is 0 Å².